The number of hydrogen-bond acceptors (Lipinski definition) is 7. The number of carbonyl (C=O) groups is 2. The van der Waals surface area contributed by atoms with Crippen molar-refractivity contribution in [1.29, 1.82) is 0 Å². The number of carbonyl (C=O) groups excluding carboxylic acids is 2. The predicted molar refractivity (Wildman–Crippen MR) is 138 cm³/mol. The average molecular weight is 490 g/mol. The summed E-state index contributed by atoms with van der Waals surface area (Å²) in [5, 5.41) is 5.70. The van der Waals surface area contributed by atoms with E-state index in [1.54, 1.807) is 25.6 Å². The Hall–Kier alpha value is -4.14. The molecule has 0 spiro atoms. The van der Waals surface area contributed by atoms with E-state index in [0.29, 0.717) is 25.4 Å². The molecule has 188 valence electrons. The van der Waals surface area contributed by atoms with Crippen molar-refractivity contribution in [3.05, 3.63) is 60.9 Å². The molecule has 2 amide bonds. The summed E-state index contributed by atoms with van der Waals surface area (Å²) in [6, 6.07) is 17.0. The molecular formula is C27H31N5O4. The molecule has 1 aliphatic heterocycles. The van der Waals surface area contributed by atoms with Gasteiger partial charge < -0.3 is 25.0 Å². The summed E-state index contributed by atoms with van der Waals surface area (Å²) >= 11 is 0. The molecule has 0 aliphatic carbocycles. The molecule has 1 unspecified atom stereocenters. The SMILES string of the molecule is COc1ccc(-c2cc(N3CCCC(C(=O)Nc4ccc(OCCNC(C)=O)cc4)C3)ncn2)cc1. The minimum absolute atomic E-state index is 0.0107. The van der Waals surface area contributed by atoms with Gasteiger partial charge in [0, 0.05) is 37.3 Å². The minimum atomic E-state index is -0.147. The van der Waals surface area contributed by atoms with E-state index in [4.69, 9.17) is 9.47 Å². The van der Waals surface area contributed by atoms with Gasteiger partial charge in [0.1, 0.15) is 30.3 Å². The Balaban J connectivity index is 1.33. The highest BCUT2D eigenvalue weighted by atomic mass is 16.5. The van der Waals surface area contributed by atoms with Crippen LogP contribution in [0.25, 0.3) is 11.3 Å². The Bertz CT molecular complexity index is 1170. The molecule has 9 nitrogen and oxygen atoms in total. The monoisotopic (exact) mass is 489 g/mol. The maximum Gasteiger partial charge on any atom is 0.229 e. The second-order valence-electron chi connectivity index (χ2n) is 8.62. The fourth-order valence-electron chi connectivity index (χ4n) is 4.11. The van der Waals surface area contributed by atoms with E-state index in [-0.39, 0.29) is 17.7 Å². The van der Waals surface area contributed by atoms with E-state index < -0.39 is 0 Å². The molecule has 1 fully saturated rings. The van der Waals surface area contributed by atoms with Crippen LogP contribution in [0.3, 0.4) is 0 Å². The largest absolute Gasteiger partial charge is 0.497 e. The van der Waals surface area contributed by atoms with Crippen LogP contribution in [0, 0.1) is 5.92 Å². The molecule has 9 heteroatoms. The van der Waals surface area contributed by atoms with Crippen LogP contribution in [0.4, 0.5) is 11.5 Å². The Morgan fingerprint density at radius 1 is 1.06 bits per heavy atom. The lowest BCUT2D eigenvalue weighted by Gasteiger charge is -2.33. The first-order chi connectivity index (χ1) is 17.5. The van der Waals surface area contributed by atoms with E-state index in [0.717, 1.165) is 47.9 Å². The third-order valence-electron chi connectivity index (χ3n) is 6.02. The summed E-state index contributed by atoms with van der Waals surface area (Å²) in [7, 11) is 1.64. The highest BCUT2D eigenvalue weighted by Crippen LogP contribution is 2.27. The third-order valence-corrected chi connectivity index (χ3v) is 6.02. The summed E-state index contributed by atoms with van der Waals surface area (Å²) in [6.07, 6.45) is 3.29. The highest BCUT2D eigenvalue weighted by molar-refractivity contribution is 5.93. The van der Waals surface area contributed by atoms with Crippen molar-refractivity contribution in [1.82, 2.24) is 15.3 Å². The number of ether oxygens (including phenoxy) is 2. The molecule has 2 N–H and O–H groups in total. The van der Waals surface area contributed by atoms with Gasteiger partial charge in [0.15, 0.2) is 0 Å². The Labute approximate surface area is 210 Å². The second-order valence-corrected chi connectivity index (χ2v) is 8.62. The lowest BCUT2D eigenvalue weighted by atomic mass is 9.97. The predicted octanol–water partition coefficient (Wildman–Crippen LogP) is 3.52. The topological polar surface area (TPSA) is 106 Å². The first-order valence-electron chi connectivity index (χ1n) is 12.0. The standard InChI is InChI=1S/C27H31N5O4/c1-19(33)28-13-15-36-24-11-7-22(8-12-24)31-27(34)21-4-3-14-32(17-21)26-16-25(29-18-30-26)20-5-9-23(35-2)10-6-20/h5-12,16,18,21H,3-4,13-15,17H2,1-2H3,(H,28,33)(H,31,34). The zero-order valence-electron chi connectivity index (χ0n) is 20.6. The molecule has 2 heterocycles. The summed E-state index contributed by atoms with van der Waals surface area (Å²) < 4.78 is 10.8. The molecule has 1 atom stereocenters. The van der Waals surface area contributed by atoms with E-state index in [2.05, 4.69) is 25.5 Å². The van der Waals surface area contributed by atoms with Crippen molar-refractivity contribution < 1.29 is 19.1 Å². The van der Waals surface area contributed by atoms with Crippen molar-refractivity contribution in [2.45, 2.75) is 19.8 Å². The summed E-state index contributed by atoms with van der Waals surface area (Å²) in [5.74, 6) is 2.04. The van der Waals surface area contributed by atoms with Crippen LogP contribution in [0.15, 0.2) is 60.9 Å². The number of rotatable bonds is 9. The van der Waals surface area contributed by atoms with E-state index in [1.807, 2.05) is 42.5 Å². The second kappa shape index (κ2) is 12.0. The van der Waals surface area contributed by atoms with Crippen molar-refractivity contribution in [2.24, 2.45) is 5.92 Å². The Morgan fingerprint density at radius 2 is 1.81 bits per heavy atom. The van der Waals surface area contributed by atoms with Gasteiger partial charge in [-0.2, -0.15) is 0 Å². The first-order valence-corrected chi connectivity index (χ1v) is 12.0. The fraction of sp³-hybridized carbons (Fsp3) is 0.333. The molecular weight excluding hydrogens is 458 g/mol. The number of methoxy groups -OCH3 is 1. The number of amides is 2. The number of benzene rings is 2. The smallest absolute Gasteiger partial charge is 0.229 e. The molecule has 0 radical (unpaired) electrons. The first kappa shape index (κ1) is 25.0. The average Bonchev–Trinajstić information content (AvgIpc) is 2.92. The van der Waals surface area contributed by atoms with E-state index >= 15 is 0 Å². The number of nitrogens with one attached hydrogen (secondary N) is 2. The lowest BCUT2D eigenvalue weighted by molar-refractivity contribution is -0.120. The molecule has 36 heavy (non-hydrogen) atoms. The zero-order valence-corrected chi connectivity index (χ0v) is 20.6. The number of piperidine rings is 1. The number of aromatic nitrogens is 2. The van der Waals surface area contributed by atoms with Gasteiger partial charge in [0.25, 0.3) is 0 Å². The van der Waals surface area contributed by atoms with Crippen LogP contribution < -0.4 is 25.0 Å². The normalized spacial score (nSPS) is 15.2. The molecule has 0 saturated carbocycles. The van der Waals surface area contributed by atoms with Crippen LogP contribution in [-0.2, 0) is 9.59 Å². The van der Waals surface area contributed by atoms with E-state index in [9.17, 15) is 9.59 Å². The van der Waals surface area contributed by atoms with Gasteiger partial charge in [0.05, 0.1) is 25.3 Å². The molecule has 3 aromatic rings. The highest BCUT2D eigenvalue weighted by Gasteiger charge is 2.27. The number of hydrogen-bond donors (Lipinski definition) is 2. The molecule has 1 saturated heterocycles. The van der Waals surface area contributed by atoms with Crippen molar-refractivity contribution in [3.63, 3.8) is 0 Å². The van der Waals surface area contributed by atoms with Crippen LogP contribution in [0.5, 0.6) is 11.5 Å². The van der Waals surface area contributed by atoms with Gasteiger partial charge in [-0.15, -0.1) is 0 Å². The van der Waals surface area contributed by atoms with Gasteiger partial charge in [-0.1, -0.05) is 0 Å². The Morgan fingerprint density at radius 3 is 2.53 bits per heavy atom. The fourth-order valence-corrected chi connectivity index (χ4v) is 4.11. The molecule has 2 aromatic carbocycles. The zero-order chi connectivity index (χ0) is 25.3. The van der Waals surface area contributed by atoms with Gasteiger partial charge in [-0.25, -0.2) is 9.97 Å². The summed E-state index contributed by atoms with van der Waals surface area (Å²) in [4.78, 5) is 34.9. The van der Waals surface area contributed by atoms with Crippen LogP contribution in [0.2, 0.25) is 0 Å². The molecule has 1 aromatic heterocycles. The van der Waals surface area contributed by atoms with Gasteiger partial charge in [-0.05, 0) is 61.4 Å². The van der Waals surface area contributed by atoms with E-state index in [1.165, 1.54) is 6.92 Å². The van der Waals surface area contributed by atoms with Gasteiger partial charge in [-0.3, -0.25) is 9.59 Å². The maximum absolute atomic E-state index is 13.0. The Kier molecular flexibility index (Phi) is 8.33. The van der Waals surface area contributed by atoms with Crippen molar-refractivity contribution in [3.8, 4) is 22.8 Å². The minimum Gasteiger partial charge on any atom is -0.497 e. The van der Waals surface area contributed by atoms with Crippen molar-refractivity contribution in [2.75, 3.05) is 43.6 Å². The number of anilines is 2. The van der Waals surface area contributed by atoms with Crippen LogP contribution in [0.1, 0.15) is 19.8 Å². The van der Waals surface area contributed by atoms with Crippen LogP contribution in [-0.4, -0.2) is 55.1 Å². The maximum atomic E-state index is 13.0. The summed E-state index contributed by atoms with van der Waals surface area (Å²) in [5.41, 5.74) is 2.53. The van der Waals surface area contributed by atoms with Gasteiger partial charge in [0.2, 0.25) is 11.8 Å². The number of nitrogens with zero attached hydrogens (tertiary/aromatic N) is 3. The molecule has 4 rings (SSSR count). The quantitative estimate of drug-likeness (QED) is 0.443. The van der Waals surface area contributed by atoms with Crippen LogP contribution >= 0.6 is 0 Å². The molecule has 0 bridgehead atoms. The van der Waals surface area contributed by atoms with Gasteiger partial charge >= 0.3 is 0 Å². The molecule has 1 aliphatic rings. The third kappa shape index (κ3) is 6.71. The van der Waals surface area contributed by atoms with Crippen molar-refractivity contribution >= 4 is 23.3 Å². The lowest BCUT2D eigenvalue weighted by Crippen LogP contribution is -2.41. The summed E-state index contributed by atoms with van der Waals surface area (Å²) in [6.45, 7) is 3.73.